The zero-order valence-corrected chi connectivity index (χ0v) is 12.7. The van der Waals surface area contributed by atoms with Gasteiger partial charge in [0, 0.05) is 25.2 Å². The quantitative estimate of drug-likeness (QED) is 0.851. The summed E-state index contributed by atoms with van der Waals surface area (Å²) in [4.78, 5) is 13.0. The summed E-state index contributed by atoms with van der Waals surface area (Å²) in [7, 11) is 1.68. The van der Waals surface area contributed by atoms with Crippen molar-refractivity contribution in [3.8, 4) is 0 Å². The highest BCUT2D eigenvalue weighted by atomic mass is 19.1. The van der Waals surface area contributed by atoms with Crippen LogP contribution in [0.1, 0.15) is 46.2 Å². The van der Waals surface area contributed by atoms with Crippen LogP contribution in [0, 0.1) is 11.7 Å². The number of halogens is 1. The van der Waals surface area contributed by atoms with Gasteiger partial charge in [-0.05, 0) is 24.1 Å². The predicted octanol–water partition coefficient (Wildman–Crippen LogP) is 3.61. The highest BCUT2D eigenvalue weighted by Gasteiger charge is 2.25. The molecule has 1 atom stereocenters. The number of carbonyl (C=O) groups excluding carboxylic acids is 1. The average molecular weight is 268 g/mol. The van der Waals surface area contributed by atoms with Gasteiger partial charge < -0.3 is 10.6 Å². The largest absolute Gasteiger partial charge is 0.399 e. The lowest BCUT2D eigenvalue weighted by atomic mass is 9.94. The molecule has 0 saturated carbocycles. The standard InChI is InChI=1S/C13H19FN2O.C2H6/c1-8(2)13(16(4)9(3)17)11-7-10(15)5-6-12(11)14;1-2/h5-8,13H,15H2,1-4H3;1-2H3. The minimum Gasteiger partial charge on any atom is -0.399 e. The summed E-state index contributed by atoms with van der Waals surface area (Å²) in [6, 6.07) is 4.16. The summed E-state index contributed by atoms with van der Waals surface area (Å²) in [5, 5.41) is 0. The number of nitrogens with two attached hydrogens (primary N) is 1. The Labute approximate surface area is 115 Å². The minimum atomic E-state index is -0.328. The van der Waals surface area contributed by atoms with Crippen molar-refractivity contribution in [2.24, 2.45) is 5.92 Å². The van der Waals surface area contributed by atoms with Crippen LogP contribution in [0.2, 0.25) is 0 Å². The molecule has 19 heavy (non-hydrogen) atoms. The number of nitrogen functional groups attached to an aromatic ring is 1. The van der Waals surface area contributed by atoms with Crippen LogP contribution in [0.4, 0.5) is 10.1 Å². The smallest absolute Gasteiger partial charge is 0.219 e. The molecule has 0 aromatic heterocycles. The molecule has 0 saturated heterocycles. The first-order valence-electron chi connectivity index (χ1n) is 6.63. The van der Waals surface area contributed by atoms with E-state index in [1.54, 1.807) is 18.0 Å². The molecule has 0 heterocycles. The fraction of sp³-hybridized carbons (Fsp3) is 0.533. The van der Waals surface area contributed by atoms with E-state index in [4.69, 9.17) is 5.73 Å². The zero-order chi connectivity index (χ0) is 15.2. The van der Waals surface area contributed by atoms with Gasteiger partial charge in [-0.2, -0.15) is 0 Å². The number of hydrogen-bond acceptors (Lipinski definition) is 2. The number of amides is 1. The van der Waals surface area contributed by atoms with Crippen LogP contribution in [0.5, 0.6) is 0 Å². The predicted molar refractivity (Wildman–Crippen MR) is 78.2 cm³/mol. The van der Waals surface area contributed by atoms with Crippen molar-refractivity contribution in [3.63, 3.8) is 0 Å². The van der Waals surface area contributed by atoms with Crippen LogP contribution >= 0.6 is 0 Å². The van der Waals surface area contributed by atoms with E-state index in [1.807, 2.05) is 27.7 Å². The molecule has 2 N–H and O–H groups in total. The number of nitrogens with zero attached hydrogens (tertiary/aromatic N) is 1. The maximum Gasteiger partial charge on any atom is 0.219 e. The summed E-state index contributed by atoms with van der Waals surface area (Å²) in [6.45, 7) is 9.37. The Morgan fingerprint density at radius 3 is 2.26 bits per heavy atom. The van der Waals surface area contributed by atoms with Gasteiger partial charge in [0.2, 0.25) is 5.91 Å². The second-order valence-corrected chi connectivity index (χ2v) is 4.60. The molecule has 3 nitrogen and oxygen atoms in total. The molecule has 1 aromatic carbocycles. The molecule has 1 unspecified atom stereocenters. The molecule has 0 aliphatic carbocycles. The number of rotatable bonds is 3. The van der Waals surface area contributed by atoms with Crippen LogP contribution in [0.15, 0.2) is 18.2 Å². The lowest BCUT2D eigenvalue weighted by molar-refractivity contribution is -0.130. The fourth-order valence-electron chi connectivity index (χ4n) is 2.00. The topological polar surface area (TPSA) is 46.3 Å². The van der Waals surface area contributed by atoms with Crippen LogP contribution in [-0.2, 0) is 4.79 Å². The van der Waals surface area contributed by atoms with Gasteiger partial charge in [0.05, 0.1) is 6.04 Å². The Hall–Kier alpha value is -1.58. The van der Waals surface area contributed by atoms with Gasteiger partial charge in [0.25, 0.3) is 0 Å². The van der Waals surface area contributed by atoms with E-state index < -0.39 is 0 Å². The van der Waals surface area contributed by atoms with Gasteiger partial charge in [-0.1, -0.05) is 27.7 Å². The Morgan fingerprint density at radius 1 is 1.32 bits per heavy atom. The highest BCUT2D eigenvalue weighted by molar-refractivity contribution is 5.73. The zero-order valence-electron chi connectivity index (χ0n) is 12.7. The summed E-state index contributed by atoms with van der Waals surface area (Å²) in [6.07, 6.45) is 0. The van der Waals surface area contributed by atoms with Crippen molar-refractivity contribution in [3.05, 3.63) is 29.6 Å². The molecule has 4 heteroatoms. The van der Waals surface area contributed by atoms with Gasteiger partial charge in [0.15, 0.2) is 0 Å². The van der Waals surface area contributed by atoms with Crippen LogP contribution < -0.4 is 5.73 Å². The van der Waals surface area contributed by atoms with E-state index in [1.165, 1.54) is 19.1 Å². The Kier molecular flexibility index (Phi) is 7.12. The molecular formula is C15H25FN2O. The van der Waals surface area contributed by atoms with Gasteiger partial charge in [-0.15, -0.1) is 0 Å². The second-order valence-electron chi connectivity index (χ2n) is 4.60. The number of carbonyl (C=O) groups is 1. The third kappa shape index (κ3) is 4.54. The Morgan fingerprint density at radius 2 is 1.84 bits per heavy atom. The van der Waals surface area contributed by atoms with Gasteiger partial charge in [-0.3, -0.25) is 4.79 Å². The monoisotopic (exact) mass is 268 g/mol. The molecule has 0 fully saturated rings. The Balaban J connectivity index is 0.00000154. The summed E-state index contributed by atoms with van der Waals surface area (Å²) < 4.78 is 13.8. The normalized spacial score (nSPS) is 11.6. The van der Waals surface area contributed by atoms with Crippen molar-refractivity contribution in [1.29, 1.82) is 0 Å². The first kappa shape index (κ1) is 17.4. The second kappa shape index (κ2) is 7.77. The van der Waals surface area contributed by atoms with Crippen LogP contribution in [0.25, 0.3) is 0 Å². The molecule has 1 rings (SSSR count). The van der Waals surface area contributed by atoms with Crippen LogP contribution in [-0.4, -0.2) is 17.9 Å². The van der Waals surface area contributed by atoms with Gasteiger partial charge in [-0.25, -0.2) is 4.39 Å². The number of anilines is 1. The molecule has 0 radical (unpaired) electrons. The number of hydrogen-bond donors (Lipinski definition) is 1. The van der Waals surface area contributed by atoms with E-state index in [2.05, 4.69) is 0 Å². The molecule has 1 amide bonds. The first-order valence-corrected chi connectivity index (χ1v) is 6.63. The lowest BCUT2D eigenvalue weighted by Gasteiger charge is -2.31. The molecule has 1 aromatic rings. The van der Waals surface area contributed by atoms with Crippen molar-refractivity contribution in [2.45, 2.75) is 40.7 Å². The minimum absolute atomic E-state index is 0.0921. The number of benzene rings is 1. The summed E-state index contributed by atoms with van der Waals surface area (Å²) in [5.74, 6) is -0.309. The maximum absolute atomic E-state index is 13.8. The van der Waals surface area contributed by atoms with Gasteiger partial charge in [0.1, 0.15) is 5.82 Å². The molecule has 0 bridgehead atoms. The average Bonchev–Trinajstić information content (AvgIpc) is 2.35. The molecule has 108 valence electrons. The maximum atomic E-state index is 13.8. The molecule has 0 aliphatic heterocycles. The first-order chi connectivity index (χ1) is 8.84. The highest BCUT2D eigenvalue weighted by Crippen LogP contribution is 2.30. The van der Waals surface area contributed by atoms with E-state index in [9.17, 15) is 9.18 Å². The van der Waals surface area contributed by atoms with E-state index in [0.29, 0.717) is 11.3 Å². The van der Waals surface area contributed by atoms with E-state index in [0.717, 1.165) is 0 Å². The fourth-order valence-corrected chi connectivity index (χ4v) is 2.00. The van der Waals surface area contributed by atoms with Crippen molar-refractivity contribution in [1.82, 2.24) is 4.90 Å². The van der Waals surface area contributed by atoms with E-state index in [-0.39, 0.29) is 23.7 Å². The molecule has 0 spiro atoms. The third-order valence-electron chi connectivity index (χ3n) is 2.88. The lowest BCUT2D eigenvalue weighted by Crippen LogP contribution is -2.33. The van der Waals surface area contributed by atoms with Crippen molar-refractivity contribution < 1.29 is 9.18 Å². The van der Waals surface area contributed by atoms with Crippen molar-refractivity contribution >= 4 is 11.6 Å². The van der Waals surface area contributed by atoms with Crippen LogP contribution in [0.3, 0.4) is 0 Å². The third-order valence-corrected chi connectivity index (χ3v) is 2.88. The molecule has 0 aliphatic rings. The SMILES string of the molecule is CC.CC(=O)N(C)C(c1cc(N)ccc1F)C(C)C. The summed E-state index contributed by atoms with van der Waals surface area (Å²) >= 11 is 0. The molecular weight excluding hydrogens is 243 g/mol. The summed E-state index contributed by atoms with van der Waals surface area (Å²) in [5.41, 5.74) is 6.65. The Bertz CT molecular complexity index is 419. The van der Waals surface area contributed by atoms with Crippen molar-refractivity contribution in [2.75, 3.05) is 12.8 Å². The van der Waals surface area contributed by atoms with E-state index >= 15 is 0 Å². The van der Waals surface area contributed by atoms with Gasteiger partial charge >= 0.3 is 0 Å².